The van der Waals surface area contributed by atoms with Gasteiger partial charge in [-0.25, -0.2) is 0 Å². The van der Waals surface area contributed by atoms with Crippen molar-refractivity contribution in [1.29, 1.82) is 0 Å². The quantitative estimate of drug-likeness (QED) is 0.631. The molecule has 1 aliphatic heterocycles. The van der Waals surface area contributed by atoms with Gasteiger partial charge in [-0.05, 0) is 56.0 Å². The second kappa shape index (κ2) is 9.48. The second-order valence-electron chi connectivity index (χ2n) is 7.57. The maximum absolute atomic E-state index is 12.8. The number of hydrogen-bond donors (Lipinski definition) is 1. The van der Waals surface area contributed by atoms with Crippen molar-refractivity contribution in [3.05, 3.63) is 69.7 Å². The van der Waals surface area contributed by atoms with Crippen LogP contribution >= 0.6 is 23.2 Å². The molecule has 3 rings (SSSR count). The summed E-state index contributed by atoms with van der Waals surface area (Å²) in [7, 11) is 0. The van der Waals surface area contributed by atoms with Crippen LogP contribution in [0.15, 0.2) is 48.5 Å². The molecule has 1 heterocycles. The lowest BCUT2D eigenvalue weighted by molar-refractivity contribution is -0.155. The number of piperidine rings is 1. The summed E-state index contributed by atoms with van der Waals surface area (Å²) in [6.07, 6.45) is 0.932. The number of aliphatic hydroxyl groups is 1. The predicted molar refractivity (Wildman–Crippen MR) is 116 cm³/mol. The van der Waals surface area contributed by atoms with E-state index in [0.29, 0.717) is 31.0 Å². The summed E-state index contributed by atoms with van der Waals surface area (Å²) in [6, 6.07) is 15.0. The highest BCUT2D eigenvalue weighted by atomic mass is 35.5. The van der Waals surface area contributed by atoms with Crippen LogP contribution in [0.3, 0.4) is 0 Å². The highest BCUT2D eigenvalue weighted by molar-refractivity contribution is 6.31. The minimum absolute atomic E-state index is 0.129. The van der Waals surface area contributed by atoms with Crippen LogP contribution in [-0.2, 0) is 9.53 Å². The Morgan fingerprint density at radius 3 is 2.34 bits per heavy atom. The summed E-state index contributed by atoms with van der Waals surface area (Å²) in [5.41, 5.74) is 0.624. The molecule has 1 fully saturated rings. The fourth-order valence-electron chi connectivity index (χ4n) is 4.14. The molecule has 2 atom stereocenters. The number of carbonyl (C=O) groups is 1. The van der Waals surface area contributed by atoms with Crippen molar-refractivity contribution in [2.24, 2.45) is 0 Å². The molecule has 0 radical (unpaired) electrons. The molecule has 1 saturated heterocycles. The Bertz CT molecular complexity index is 832. The van der Waals surface area contributed by atoms with E-state index in [-0.39, 0.29) is 12.6 Å². The Hall–Kier alpha value is -1.59. The normalized spacial score (nSPS) is 18.8. The van der Waals surface area contributed by atoms with Crippen molar-refractivity contribution in [2.45, 2.75) is 44.2 Å². The Balaban J connectivity index is 1.79. The summed E-state index contributed by atoms with van der Waals surface area (Å²) < 4.78 is 5.30. The molecule has 1 N–H and O–H groups in total. The number of nitrogens with zero attached hydrogens (tertiary/aromatic N) is 1. The zero-order valence-corrected chi connectivity index (χ0v) is 18.3. The lowest BCUT2D eigenvalue weighted by Gasteiger charge is -2.44. The van der Waals surface area contributed by atoms with Crippen LogP contribution in [0.4, 0.5) is 0 Å². The first-order valence-electron chi connectivity index (χ1n) is 9.98. The van der Waals surface area contributed by atoms with E-state index in [9.17, 15) is 9.90 Å². The van der Waals surface area contributed by atoms with E-state index >= 15 is 0 Å². The molecule has 29 heavy (non-hydrogen) atoms. The summed E-state index contributed by atoms with van der Waals surface area (Å²) >= 11 is 12.4. The third-order valence-corrected chi connectivity index (χ3v) is 6.43. The van der Waals surface area contributed by atoms with Crippen LogP contribution < -0.4 is 0 Å². The topological polar surface area (TPSA) is 49.8 Å². The van der Waals surface area contributed by atoms with Crippen molar-refractivity contribution in [3.63, 3.8) is 0 Å². The van der Waals surface area contributed by atoms with Crippen molar-refractivity contribution in [3.8, 4) is 0 Å². The third-order valence-electron chi connectivity index (χ3n) is 5.83. The first kappa shape index (κ1) is 22.1. The van der Waals surface area contributed by atoms with Gasteiger partial charge < -0.3 is 9.84 Å². The Morgan fingerprint density at radius 1 is 1.14 bits per heavy atom. The summed E-state index contributed by atoms with van der Waals surface area (Å²) in [4.78, 5) is 15.1. The molecule has 2 unspecified atom stereocenters. The van der Waals surface area contributed by atoms with Gasteiger partial charge >= 0.3 is 5.97 Å². The molecule has 0 amide bonds. The van der Waals surface area contributed by atoms with Crippen LogP contribution in [0, 0.1) is 0 Å². The van der Waals surface area contributed by atoms with Gasteiger partial charge in [0, 0.05) is 29.2 Å². The number of hydrogen-bond acceptors (Lipinski definition) is 4. The number of benzene rings is 2. The van der Waals surface area contributed by atoms with Crippen molar-refractivity contribution < 1.29 is 14.6 Å². The molecular weight excluding hydrogens is 409 g/mol. The number of halogens is 2. The Labute approximate surface area is 182 Å². The smallest absolute Gasteiger partial charge is 0.316 e. The van der Waals surface area contributed by atoms with Crippen LogP contribution in [0.25, 0.3) is 0 Å². The van der Waals surface area contributed by atoms with Gasteiger partial charge in [0.15, 0.2) is 0 Å². The Kier molecular flexibility index (Phi) is 7.23. The van der Waals surface area contributed by atoms with Gasteiger partial charge in [-0.3, -0.25) is 9.69 Å². The number of likely N-dealkylation sites (tertiary alicyclic amines) is 1. The van der Waals surface area contributed by atoms with Crippen LogP contribution in [0.5, 0.6) is 0 Å². The van der Waals surface area contributed by atoms with Gasteiger partial charge in [0.1, 0.15) is 5.92 Å². The molecule has 0 bridgehead atoms. The van der Waals surface area contributed by atoms with Gasteiger partial charge in [-0.2, -0.15) is 0 Å². The van der Waals surface area contributed by atoms with Crippen molar-refractivity contribution in [2.75, 3.05) is 19.7 Å². The lowest BCUT2D eigenvalue weighted by atomic mass is 9.75. The molecule has 1 aliphatic rings. The Morgan fingerprint density at radius 2 is 1.76 bits per heavy atom. The van der Waals surface area contributed by atoms with E-state index in [1.807, 2.05) is 24.3 Å². The summed E-state index contributed by atoms with van der Waals surface area (Å²) in [5.74, 6) is -1.14. The maximum Gasteiger partial charge on any atom is 0.316 e. The van der Waals surface area contributed by atoms with E-state index in [1.54, 1.807) is 31.2 Å². The van der Waals surface area contributed by atoms with E-state index in [1.165, 1.54) is 0 Å². The van der Waals surface area contributed by atoms with Crippen LogP contribution in [0.2, 0.25) is 10.0 Å². The van der Waals surface area contributed by atoms with Gasteiger partial charge in [0.05, 0.1) is 12.2 Å². The van der Waals surface area contributed by atoms with Crippen LogP contribution in [-0.4, -0.2) is 41.3 Å². The molecule has 0 saturated carbocycles. The summed E-state index contributed by atoms with van der Waals surface area (Å²) in [5, 5.41) is 12.8. The second-order valence-corrected chi connectivity index (χ2v) is 8.42. The molecule has 0 aromatic heterocycles. The van der Waals surface area contributed by atoms with Gasteiger partial charge in [-0.15, -0.1) is 0 Å². The van der Waals surface area contributed by atoms with Gasteiger partial charge in [-0.1, -0.05) is 53.5 Å². The standard InChI is InChI=1S/C23H27Cl2NO3/c1-3-29-22(27)21(17-8-10-18(24)11-9-17)23(28)12-14-26(15-13-23)16(2)19-6-4-5-7-20(19)25/h4-11,16,21,28H,3,12-15H2,1-2H3. The lowest BCUT2D eigenvalue weighted by Crippen LogP contribution is -2.50. The van der Waals surface area contributed by atoms with E-state index in [0.717, 1.165) is 16.1 Å². The third kappa shape index (κ3) is 4.95. The number of rotatable bonds is 6. The van der Waals surface area contributed by atoms with Gasteiger partial charge in [0.2, 0.25) is 0 Å². The molecule has 0 aliphatic carbocycles. The minimum Gasteiger partial charge on any atom is -0.465 e. The molecule has 6 heteroatoms. The van der Waals surface area contributed by atoms with E-state index in [4.69, 9.17) is 27.9 Å². The van der Waals surface area contributed by atoms with E-state index in [2.05, 4.69) is 11.8 Å². The highest BCUT2D eigenvalue weighted by Crippen LogP contribution is 2.40. The molecule has 2 aromatic carbocycles. The fraction of sp³-hybridized carbons (Fsp3) is 0.435. The average molecular weight is 436 g/mol. The van der Waals surface area contributed by atoms with Crippen molar-refractivity contribution >= 4 is 29.2 Å². The molecular formula is C23H27Cl2NO3. The zero-order valence-electron chi connectivity index (χ0n) is 16.8. The average Bonchev–Trinajstić information content (AvgIpc) is 2.70. The zero-order chi connectivity index (χ0) is 21.0. The monoisotopic (exact) mass is 435 g/mol. The molecule has 4 nitrogen and oxygen atoms in total. The first-order valence-corrected chi connectivity index (χ1v) is 10.7. The maximum atomic E-state index is 12.8. The molecule has 2 aromatic rings. The van der Waals surface area contributed by atoms with Crippen LogP contribution in [0.1, 0.15) is 49.8 Å². The van der Waals surface area contributed by atoms with Gasteiger partial charge in [0.25, 0.3) is 0 Å². The SMILES string of the molecule is CCOC(=O)C(c1ccc(Cl)cc1)C1(O)CCN(C(C)c2ccccc2Cl)CC1. The molecule has 0 spiro atoms. The molecule has 156 valence electrons. The highest BCUT2D eigenvalue weighted by Gasteiger charge is 2.46. The first-order chi connectivity index (χ1) is 13.9. The summed E-state index contributed by atoms with van der Waals surface area (Å²) in [6.45, 7) is 5.48. The van der Waals surface area contributed by atoms with E-state index < -0.39 is 17.5 Å². The largest absolute Gasteiger partial charge is 0.465 e. The fourth-order valence-corrected chi connectivity index (χ4v) is 4.56. The number of carbonyl (C=O) groups excluding carboxylic acids is 1. The number of esters is 1. The van der Waals surface area contributed by atoms with Crippen molar-refractivity contribution in [1.82, 2.24) is 4.90 Å². The minimum atomic E-state index is -1.17. The predicted octanol–water partition coefficient (Wildman–Crippen LogP) is 5.23. The number of ether oxygens (including phenoxy) is 1.